The van der Waals surface area contributed by atoms with Gasteiger partial charge in [-0.1, -0.05) is 0 Å². The highest BCUT2D eigenvalue weighted by atomic mass is 16.2. The second-order valence-electron chi connectivity index (χ2n) is 9.05. The second kappa shape index (κ2) is 6.32. The lowest BCUT2D eigenvalue weighted by atomic mass is 9.49. The monoisotopic (exact) mass is 333 g/mol. The van der Waals surface area contributed by atoms with Gasteiger partial charge in [-0.15, -0.1) is 0 Å². The number of hydrogen-bond donors (Lipinski definition) is 2. The van der Waals surface area contributed by atoms with Gasteiger partial charge in [-0.3, -0.25) is 9.59 Å². The zero-order valence-electron chi connectivity index (χ0n) is 14.9. The lowest BCUT2D eigenvalue weighted by Crippen LogP contribution is -2.55. The lowest BCUT2D eigenvalue weighted by molar-refractivity contribution is -0.147. The van der Waals surface area contributed by atoms with E-state index in [1.54, 1.807) is 0 Å². The molecule has 4 aliphatic carbocycles. The van der Waals surface area contributed by atoms with Crippen molar-refractivity contribution in [2.45, 2.75) is 57.4 Å². The fourth-order valence-corrected chi connectivity index (χ4v) is 6.30. The number of carbonyl (C=O) groups is 2. The molecule has 5 rings (SSSR count). The maximum Gasteiger partial charge on any atom is 0.239 e. The van der Waals surface area contributed by atoms with E-state index in [0.717, 1.165) is 62.9 Å². The molecule has 4 saturated carbocycles. The Morgan fingerprint density at radius 2 is 1.71 bits per heavy atom. The highest BCUT2D eigenvalue weighted by Crippen LogP contribution is 2.60. The molecule has 0 unspecified atom stereocenters. The number of hydrogen-bond acceptors (Lipinski definition) is 3. The number of carbonyl (C=O) groups excluding carboxylic acids is 2. The van der Waals surface area contributed by atoms with Crippen molar-refractivity contribution in [2.24, 2.45) is 23.2 Å². The molecule has 0 aromatic carbocycles. The highest BCUT2D eigenvalue weighted by Gasteiger charge is 2.54. The van der Waals surface area contributed by atoms with E-state index in [-0.39, 0.29) is 29.8 Å². The summed E-state index contributed by atoms with van der Waals surface area (Å²) in [6.45, 7) is 2.16. The van der Waals surface area contributed by atoms with Gasteiger partial charge < -0.3 is 15.5 Å². The van der Waals surface area contributed by atoms with E-state index in [9.17, 15) is 9.59 Å². The van der Waals surface area contributed by atoms with Crippen molar-refractivity contribution < 1.29 is 9.59 Å². The van der Waals surface area contributed by atoms with Crippen LogP contribution in [0.4, 0.5) is 0 Å². The first-order chi connectivity index (χ1) is 11.5. The van der Waals surface area contributed by atoms with Crippen LogP contribution in [-0.4, -0.2) is 49.4 Å². The fraction of sp³-hybridized carbons (Fsp3) is 0.895. The molecular formula is C19H31N3O2. The number of rotatable bonds is 4. The lowest BCUT2D eigenvalue weighted by Gasteiger charge is -2.55. The smallest absolute Gasteiger partial charge is 0.239 e. The summed E-state index contributed by atoms with van der Waals surface area (Å²) in [6.07, 6.45) is 9.34. The van der Waals surface area contributed by atoms with Crippen molar-refractivity contribution in [1.82, 2.24) is 15.5 Å². The van der Waals surface area contributed by atoms with Crippen molar-refractivity contribution >= 4 is 11.8 Å². The van der Waals surface area contributed by atoms with Gasteiger partial charge in [0.05, 0.1) is 6.54 Å². The summed E-state index contributed by atoms with van der Waals surface area (Å²) in [5.41, 5.74) is -0.153. The number of likely N-dealkylation sites (tertiary alicyclic amines) is 1. The normalized spacial score (nSPS) is 41.2. The maximum atomic E-state index is 12.8. The standard InChI is InChI=1S/C19H31N3O2/c1-22-4-2-3-16(12-22)21-17(23)11-20-18(24)19-8-13-5-14(9-19)7-15(6-13)10-19/h13-16H,2-12H2,1H3,(H,20,24)(H,21,23)/t13?,14?,15?,16-,19?/m0/s1. The molecule has 24 heavy (non-hydrogen) atoms. The summed E-state index contributed by atoms with van der Waals surface area (Å²) < 4.78 is 0. The predicted molar refractivity (Wildman–Crippen MR) is 92.3 cm³/mol. The minimum atomic E-state index is -0.153. The van der Waals surface area contributed by atoms with Crippen LogP contribution in [0.2, 0.25) is 0 Å². The maximum absolute atomic E-state index is 12.8. The summed E-state index contributed by atoms with van der Waals surface area (Å²) in [6, 6.07) is 0.229. The molecule has 0 aromatic rings. The Labute approximate surface area is 144 Å². The molecule has 5 heteroatoms. The van der Waals surface area contributed by atoms with Crippen molar-refractivity contribution in [3.05, 3.63) is 0 Å². The van der Waals surface area contributed by atoms with Crippen molar-refractivity contribution in [3.63, 3.8) is 0 Å². The third-order valence-electron chi connectivity index (χ3n) is 6.92. The third kappa shape index (κ3) is 3.19. The van der Waals surface area contributed by atoms with E-state index in [2.05, 4.69) is 22.6 Å². The molecule has 0 aromatic heterocycles. The Hall–Kier alpha value is -1.10. The minimum absolute atomic E-state index is 0.0339. The molecule has 1 aliphatic heterocycles. The van der Waals surface area contributed by atoms with E-state index < -0.39 is 0 Å². The van der Waals surface area contributed by atoms with E-state index in [1.807, 2.05) is 0 Å². The van der Waals surface area contributed by atoms with Crippen LogP contribution >= 0.6 is 0 Å². The molecule has 5 aliphatic rings. The molecule has 5 fully saturated rings. The van der Waals surface area contributed by atoms with Crippen LogP contribution in [0.3, 0.4) is 0 Å². The Balaban J connectivity index is 1.28. The quantitative estimate of drug-likeness (QED) is 0.820. The van der Waals surface area contributed by atoms with E-state index in [0.29, 0.717) is 0 Å². The highest BCUT2D eigenvalue weighted by molar-refractivity contribution is 5.88. The molecular weight excluding hydrogens is 302 g/mol. The molecule has 1 heterocycles. The first kappa shape index (κ1) is 16.4. The molecule has 2 N–H and O–H groups in total. The van der Waals surface area contributed by atoms with Crippen molar-refractivity contribution in [2.75, 3.05) is 26.7 Å². The molecule has 4 bridgehead atoms. The molecule has 134 valence electrons. The molecule has 1 saturated heterocycles. The first-order valence-electron chi connectivity index (χ1n) is 9.79. The number of nitrogens with zero attached hydrogens (tertiary/aromatic N) is 1. The van der Waals surface area contributed by atoms with Gasteiger partial charge in [0.15, 0.2) is 0 Å². The number of piperidine rings is 1. The zero-order valence-corrected chi connectivity index (χ0v) is 14.9. The van der Waals surface area contributed by atoms with Crippen molar-refractivity contribution in [3.8, 4) is 0 Å². The Morgan fingerprint density at radius 1 is 1.08 bits per heavy atom. The van der Waals surface area contributed by atoms with Gasteiger partial charge in [-0.2, -0.15) is 0 Å². The van der Waals surface area contributed by atoms with Crippen LogP contribution in [0, 0.1) is 23.2 Å². The number of nitrogens with one attached hydrogen (secondary N) is 2. The van der Waals surface area contributed by atoms with Crippen LogP contribution in [-0.2, 0) is 9.59 Å². The summed E-state index contributed by atoms with van der Waals surface area (Å²) in [5.74, 6) is 2.39. The van der Waals surface area contributed by atoms with Crippen LogP contribution < -0.4 is 10.6 Å². The molecule has 0 spiro atoms. The van der Waals surface area contributed by atoms with Gasteiger partial charge in [0.1, 0.15) is 0 Å². The largest absolute Gasteiger partial charge is 0.351 e. The topological polar surface area (TPSA) is 61.4 Å². The van der Waals surface area contributed by atoms with E-state index >= 15 is 0 Å². The molecule has 5 nitrogen and oxygen atoms in total. The van der Waals surface area contributed by atoms with Gasteiger partial charge >= 0.3 is 0 Å². The Morgan fingerprint density at radius 3 is 2.29 bits per heavy atom. The minimum Gasteiger partial charge on any atom is -0.351 e. The zero-order chi connectivity index (χ0) is 16.7. The van der Waals surface area contributed by atoms with Crippen molar-refractivity contribution in [1.29, 1.82) is 0 Å². The first-order valence-corrected chi connectivity index (χ1v) is 9.79. The average molecular weight is 333 g/mol. The number of amides is 2. The Kier molecular flexibility index (Phi) is 4.31. The molecule has 2 amide bonds. The van der Waals surface area contributed by atoms with Gasteiger partial charge in [0, 0.05) is 18.0 Å². The summed E-state index contributed by atoms with van der Waals surface area (Å²) >= 11 is 0. The Bertz CT molecular complexity index is 483. The van der Waals surface area contributed by atoms with E-state index in [4.69, 9.17) is 0 Å². The second-order valence-corrected chi connectivity index (χ2v) is 9.05. The van der Waals surface area contributed by atoms with Crippen LogP contribution in [0.15, 0.2) is 0 Å². The SMILES string of the molecule is CN1CCC[C@H](NC(=O)CNC(=O)C23CC4CC(CC(C4)C2)C3)C1. The van der Waals surface area contributed by atoms with Crippen LogP contribution in [0.1, 0.15) is 51.4 Å². The van der Waals surface area contributed by atoms with Gasteiger partial charge in [0.25, 0.3) is 0 Å². The van der Waals surface area contributed by atoms with Gasteiger partial charge in [-0.25, -0.2) is 0 Å². The summed E-state index contributed by atoms with van der Waals surface area (Å²) in [4.78, 5) is 27.3. The molecule has 0 radical (unpaired) electrons. The molecule has 1 atom stereocenters. The van der Waals surface area contributed by atoms with Crippen LogP contribution in [0.25, 0.3) is 0 Å². The summed E-state index contributed by atoms with van der Waals surface area (Å²) in [5, 5.41) is 6.06. The summed E-state index contributed by atoms with van der Waals surface area (Å²) in [7, 11) is 2.09. The number of likely N-dealkylation sites (N-methyl/N-ethyl adjacent to an activating group) is 1. The predicted octanol–water partition coefficient (Wildman–Crippen LogP) is 1.53. The van der Waals surface area contributed by atoms with Gasteiger partial charge in [0.2, 0.25) is 11.8 Å². The fourth-order valence-electron chi connectivity index (χ4n) is 6.30. The average Bonchev–Trinajstić information content (AvgIpc) is 2.51. The third-order valence-corrected chi connectivity index (χ3v) is 6.92. The van der Waals surface area contributed by atoms with E-state index in [1.165, 1.54) is 19.3 Å². The van der Waals surface area contributed by atoms with Gasteiger partial charge in [-0.05, 0) is 82.7 Å². The van der Waals surface area contributed by atoms with Crippen LogP contribution in [0.5, 0.6) is 0 Å².